The van der Waals surface area contributed by atoms with Crippen LogP contribution in [-0.4, -0.2) is 23.8 Å². The second-order valence-electron chi connectivity index (χ2n) is 7.75. The number of benzene rings is 4. The molecule has 4 aromatic rings. The van der Waals surface area contributed by atoms with Gasteiger partial charge in [0.05, 0.1) is 17.6 Å². The number of nitro benzene ring substituents is 1. The third-order valence-corrected chi connectivity index (χ3v) is 5.39. The van der Waals surface area contributed by atoms with Gasteiger partial charge in [0.15, 0.2) is 17.3 Å². The largest absolute Gasteiger partial charge is 0.493 e. The summed E-state index contributed by atoms with van der Waals surface area (Å²) in [6.45, 7) is 0. The van der Waals surface area contributed by atoms with E-state index in [1.807, 2.05) is 42.5 Å². The molecule has 4 aromatic carbocycles. The number of hydrogen-bond donors (Lipinski definition) is 0. The van der Waals surface area contributed by atoms with Gasteiger partial charge in [-0.2, -0.15) is 0 Å². The van der Waals surface area contributed by atoms with E-state index in [1.165, 1.54) is 37.5 Å². The molecule has 0 unspecified atom stereocenters. The van der Waals surface area contributed by atoms with E-state index in [0.717, 1.165) is 17.2 Å². The van der Waals surface area contributed by atoms with Crippen molar-refractivity contribution >= 4 is 23.5 Å². The number of nitro groups is 1. The summed E-state index contributed by atoms with van der Waals surface area (Å²) in [5, 5.41) is 10.9. The molecule has 0 aliphatic rings. The number of methoxy groups -OCH3 is 1. The fourth-order valence-electron chi connectivity index (χ4n) is 3.50. The Morgan fingerprint density at radius 3 is 2.19 bits per heavy atom. The minimum atomic E-state index is -0.755. The zero-order valence-electron chi connectivity index (χ0n) is 19.3. The fourth-order valence-corrected chi connectivity index (χ4v) is 3.50. The molecule has 0 spiro atoms. The zero-order valence-corrected chi connectivity index (χ0v) is 19.3. The summed E-state index contributed by atoms with van der Waals surface area (Å²) < 4.78 is 10.7. The first-order chi connectivity index (χ1) is 17.4. The van der Waals surface area contributed by atoms with E-state index in [2.05, 4.69) is 0 Å². The molecule has 0 atom stereocenters. The molecule has 4 rings (SSSR count). The SMILES string of the molecule is COc1cc(C=CC(=O)c2ccc(-c3ccccc3)cc2)ccc1OC(=O)c1cccc([N+](=O)[O-])c1. The third kappa shape index (κ3) is 5.71. The second kappa shape index (κ2) is 10.9. The molecular formula is C29H21NO6. The van der Waals surface area contributed by atoms with Crippen LogP contribution >= 0.6 is 0 Å². The average molecular weight is 479 g/mol. The smallest absolute Gasteiger partial charge is 0.343 e. The van der Waals surface area contributed by atoms with Crippen LogP contribution in [0.5, 0.6) is 11.5 Å². The third-order valence-electron chi connectivity index (χ3n) is 5.39. The van der Waals surface area contributed by atoms with E-state index in [0.29, 0.717) is 11.1 Å². The summed E-state index contributed by atoms with van der Waals surface area (Å²) in [7, 11) is 1.42. The quantitative estimate of drug-likeness (QED) is 0.0726. The van der Waals surface area contributed by atoms with Gasteiger partial charge in [-0.1, -0.05) is 72.8 Å². The molecular weight excluding hydrogens is 458 g/mol. The number of carbonyl (C=O) groups excluding carboxylic acids is 2. The van der Waals surface area contributed by atoms with Crippen LogP contribution in [0.4, 0.5) is 5.69 Å². The molecule has 0 amide bonds. The lowest BCUT2D eigenvalue weighted by atomic mass is 10.0. The minimum Gasteiger partial charge on any atom is -0.493 e. The van der Waals surface area contributed by atoms with Crippen molar-refractivity contribution < 1.29 is 24.0 Å². The van der Waals surface area contributed by atoms with E-state index in [9.17, 15) is 19.7 Å². The molecule has 0 N–H and O–H groups in total. The molecule has 0 saturated carbocycles. The highest BCUT2D eigenvalue weighted by Gasteiger charge is 2.16. The number of ether oxygens (including phenoxy) is 2. The first kappa shape index (κ1) is 24.1. The summed E-state index contributed by atoms with van der Waals surface area (Å²) in [4.78, 5) is 35.5. The molecule has 7 heteroatoms. The predicted molar refractivity (Wildman–Crippen MR) is 136 cm³/mol. The van der Waals surface area contributed by atoms with Crippen molar-refractivity contribution in [3.8, 4) is 22.6 Å². The lowest BCUT2D eigenvalue weighted by Crippen LogP contribution is -2.09. The maximum absolute atomic E-state index is 12.6. The van der Waals surface area contributed by atoms with Crippen LogP contribution < -0.4 is 9.47 Å². The van der Waals surface area contributed by atoms with Crippen LogP contribution in [0.3, 0.4) is 0 Å². The monoisotopic (exact) mass is 479 g/mol. The fraction of sp³-hybridized carbons (Fsp3) is 0.0345. The number of hydrogen-bond acceptors (Lipinski definition) is 6. The average Bonchev–Trinajstić information content (AvgIpc) is 2.92. The first-order valence-electron chi connectivity index (χ1n) is 11.0. The Morgan fingerprint density at radius 2 is 1.50 bits per heavy atom. The Labute approximate surface area is 207 Å². The minimum absolute atomic E-state index is 0.0408. The Morgan fingerprint density at radius 1 is 0.778 bits per heavy atom. The molecule has 0 bridgehead atoms. The Bertz CT molecular complexity index is 1440. The summed E-state index contributed by atoms with van der Waals surface area (Å²) in [6.07, 6.45) is 3.10. The molecule has 0 heterocycles. The van der Waals surface area contributed by atoms with E-state index in [1.54, 1.807) is 30.3 Å². The predicted octanol–water partition coefficient (Wildman–Crippen LogP) is 6.39. The summed E-state index contributed by atoms with van der Waals surface area (Å²) in [6, 6.07) is 27.4. The van der Waals surface area contributed by atoms with Gasteiger partial charge in [0, 0.05) is 17.7 Å². The maximum Gasteiger partial charge on any atom is 0.343 e. The molecule has 178 valence electrons. The molecule has 0 radical (unpaired) electrons. The molecule has 0 aliphatic carbocycles. The highest BCUT2D eigenvalue weighted by atomic mass is 16.6. The van der Waals surface area contributed by atoms with Gasteiger partial charge in [0.25, 0.3) is 5.69 Å². The standard InChI is InChI=1S/C29H21NO6/c1-35-28-18-20(11-17-27(28)36-29(32)24-8-5-9-25(19-24)30(33)34)10-16-26(31)23-14-12-22(13-15-23)21-6-3-2-4-7-21/h2-19H,1H3. The Hall–Kier alpha value is -5.04. The normalized spacial score (nSPS) is 10.7. The van der Waals surface area contributed by atoms with Gasteiger partial charge in [-0.15, -0.1) is 0 Å². The molecule has 7 nitrogen and oxygen atoms in total. The van der Waals surface area contributed by atoms with Crippen LogP contribution in [0.25, 0.3) is 17.2 Å². The number of nitrogens with zero attached hydrogens (tertiary/aromatic N) is 1. The Kier molecular flexibility index (Phi) is 7.31. The van der Waals surface area contributed by atoms with Gasteiger partial charge in [-0.05, 0) is 41.0 Å². The molecule has 0 aromatic heterocycles. The number of non-ortho nitro benzene ring substituents is 1. The Balaban J connectivity index is 1.45. The lowest BCUT2D eigenvalue weighted by Gasteiger charge is -2.10. The van der Waals surface area contributed by atoms with Crippen LogP contribution in [0, 0.1) is 10.1 Å². The molecule has 0 aliphatic heterocycles. The van der Waals surface area contributed by atoms with Crippen molar-refractivity contribution in [3.63, 3.8) is 0 Å². The van der Waals surface area contributed by atoms with Crippen molar-refractivity contribution in [2.45, 2.75) is 0 Å². The lowest BCUT2D eigenvalue weighted by molar-refractivity contribution is -0.384. The molecule has 0 fully saturated rings. The number of esters is 1. The summed E-state index contributed by atoms with van der Waals surface area (Å²) in [5.41, 5.74) is 3.15. The number of carbonyl (C=O) groups is 2. The van der Waals surface area contributed by atoms with Gasteiger partial charge < -0.3 is 9.47 Å². The number of allylic oxidation sites excluding steroid dienone is 1. The van der Waals surface area contributed by atoms with Crippen LogP contribution in [0.2, 0.25) is 0 Å². The van der Waals surface area contributed by atoms with Gasteiger partial charge in [-0.3, -0.25) is 14.9 Å². The molecule has 36 heavy (non-hydrogen) atoms. The zero-order chi connectivity index (χ0) is 25.5. The summed E-state index contributed by atoms with van der Waals surface area (Å²) in [5.74, 6) is -0.492. The summed E-state index contributed by atoms with van der Waals surface area (Å²) >= 11 is 0. The number of rotatable bonds is 8. The maximum atomic E-state index is 12.6. The van der Waals surface area contributed by atoms with Crippen LogP contribution in [0.15, 0.2) is 103 Å². The van der Waals surface area contributed by atoms with Gasteiger partial charge in [0.2, 0.25) is 0 Å². The van der Waals surface area contributed by atoms with Crippen molar-refractivity contribution in [3.05, 3.63) is 130 Å². The van der Waals surface area contributed by atoms with E-state index in [4.69, 9.17) is 9.47 Å². The number of ketones is 1. The first-order valence-corrected chi connectivity index (χ1v) is 11.0. The highest BCUT2D eigenvalue weighted by Crippen LogP contribution is 2.30. The van der Waals surface area contributed by atoms with E-state index in [-0.39, 0.29) is 28.5 Å². The van der Waals surface area contributed by atoms with E-state index < -0.39 is 10.9 Å². The van der Waals surface area contributed by atoms with Crippen molar-refractivity contribution in [1.29, 1.82) is 0 Å². The van der Waals surface area contributed by atoms with Gasteiger partial charge in [0.1, 0.15) is 0 Å². The van der Waals surface area contributed by atoms with Crippen LogP contribution in [0.1, 0.15) is 26.3 Å². The highest BCUT2D eigenvalue weighted by molar-refractivity contribution is 6.07. The van der Waals surface area contributed by atoms with Gasteiger partial charge >= 0.3 is 5.97 Å². The second-order valence-corrected chi connectivity index (χ2v) is 7.75. The van der Waals surface area contributed by atoms with Crippen molar-refractivity contribution in [2.75, 3.05) is 7.11 Å². The van der Waals surface area contributed by atoms with Crippen LogP contribution in [-0.2, 0) is 0 Å². The molecule has 0 saturated heterocycles. The van der Waals surface area contributed by atoms with E-state index >= 15 is 0 Å². The topological polar surface area (TPSA) is 95.7 Å². The van der Waals surface area contributed by atoms with Crippen molar-refractivity contribution in [1.82, 2.24) is 0 Å². The van der Waals surface area contributed by atoms with Crippen molar-refractivity contribution in [2.24, 2.45) is 0 Å². The van der Waals surface area contributed by atoms with Gasteiger partial charge in [-0.25, -0.2) is 4.79 Å².